The van der Waals surface area contributed by atoms with Gasteiger partial charge in [-0.15, -0.1) is 5.10 Å². The van der Waals surface area contributed by atoms with Crippen LogP contribution in [0.4, 0.5) is 4.39 Å². The molecule has 8 heteroatoms. The summed E-state index contributed by atoms with van der Waals surface area (Å²) in [6, 6.07) is 14.0. The lowest BCUT2D eigenvalue weighted by Crippen LogP contribution is -2.36. The Labute approximate surface area is 173 Å². The van der Waals surface area contributed by atoms with E-state index in [1.54, 1.807) is 30.8 Å². The molecule has 0 saturated carbocycles. The highest BCUT2D eigenvalue weighted by Gasteiger charge is 2.24. The number of nitrogens with zero attached hydrogens (tertiary/aromatic N) is 4. The summed E-state index contributed by atoms with van der Waals surface area (Å²) in [5.41, 5.74) is 3.36. The molecule has 6 nitrogen and oxygen atoms in total. The molecule has 0 aliphatic carbocycles. The molecule has 0 spiro atoms. The van der Waals surface area contributed by atoms with Crippen molar-refractivity contribution < 1.29 is 9.18 Å². The Kier molecular flexibility index (Phi) is 7.35. The first-order valence-corrected chi connectivity index (χ1v) is 10.6. The number of halogens is 1. The van der Waals surface area contributed by atoms with E-state index in [0.717, 1.165) is 17.1 Å². The van der Waals surface area contributed by atoms with Crippen LogP contribution in [-0.2, 0) is 17.0 Å². The number of carbonyl (C=O) groups excluding carboxylic acids is 1. The maximum absolute atomic E-state index is 13.2. The molecule has 29 heavy (non-hydrogen) atoms. The fourth-order valence-electron chi connectivity index (χ4n) is 2.90. The molecule has 3 rings (SSSR count). The molecule has 1 atom stereocenters. The van der Waals surface area contributed by atoms with E-state index in [9.17, 15) is 9.18 Å². The van der Waals surface area contributed by atoms with Gasteiger partial charge in [0.25, 0.3) is 0 Å². The van der Waals surface area contributed by atoms with Crippen molar-refractivity contribution in [1.29, 1.82) is 0 Å². The van der Waals surface area contributed by atoms with Crippen LogP contribution < -0.4 is 5.32 Å². The topological polar surface area (TPSA) is 72.7 Å². The number of amides is 1. The molecule has 1 heterocycles. The van der Waals surface area contributed by atoms with Crippen molar-refractivity contribution in [2.45, 2.75) is 32.1 Å². The van der Waals surface area contributed by atoms with E-state index in [1.807, 2.05) is 0 Å². The van der Waals surface area contributed by atoms with Crippen molar-refractivity contribution in [3.05, 3.63) is 76.9 Å². The number of thioether (sulfide) groups is 1. The first-order valence-electron chi connectivity index (χ1n) is 9.43. The lowest BCUT2D eigenvalue weighted by atomic mass is 10.1. The monoisotopic (exact) mass is 413 g/mol. The van der Waals surface area contributed by atoms with Crippen LogP contribution in [0.1, 0.15) is 28.6 Å². The molecule has 152 valence electrons. The number of nitrogens with one attached hydrogen (secondary N) is 1. The van der Waals surface area contributed by atoms with Crippen LogP contribution in [0.25, 0.3) is 0 Å². The molecule has 0 bridgehead atoms. The van der Waals surface area contributed by atoms with E-state index in [4.69, 9.17) is 0 Å². The van der Waals surface area contributed by atoms with Crippen LogP contribution in [0.2, 0.25) is 0 Å². The average Bonchev–Trinajstić information content (AvgIpc) is 3.14. The zero-order chi connectivity index (χ0) is 20.6. The molecule has 0 fully saturated rings. The Morgan fingerprint density at radius 1 is 1.10 bits per heavy atom. The third-order valence-corrected chi connectivity index (χ3v) is 5.56. The van der Waals surface area contributed by atoms with E-state index in [2.05, 4.69) is 52.0 Å². The van der Waals surface area contributed by atoms with Gasteiger partial charge in [0, 0.05) is 24.5 Å². The zero-order valence-corrected chi connectivity index (χ0v) is 17.3. The number of carbonyl (C=O) groups is 1. The summed E-state index contributed by atoms with van der Waals surface area (Å²) in [4.78, 5) is 12.8. The summed E-state index contributed by atoms with van der Waals surface area (Å²) in [6.45, 7) is 4.37. The summed E-state index contributed by atoms with van der Waals surface area (Å²) in [5, 5.41) is 14.5. The summed E-state index contributed by atoms with van der Waals surface area (Å²) < 4.78 is 14.7. The standard InChI is InChI=1S/C21H24FN5OS/c1-15-3-5-18(6-4-15)14-29-12-11-23-21(28)20(27-16(2)24-25-26-27)13-17-7-9-19(22)10-8-17/h3-10,20H,11-14H2,1-2H3,(H,23,28). The van der Waals surface area contributed by atoms with Crippen molar-refractivity contribution in [2.24, 2.45) is 0 Å². The predicted molar refractivity (Wildman–Crippen MR) is 112 cm³/mol. The predicted octanol–water partition coefficient (Wildman–Crippen LogP) is 3.26. The molecular formula is C21H24FN5OS. The molecule has 0 aliphatic heterocycles. The first-order chi connectivity index (χ1) is 14.0. The number of tetrazole rings is 1. The van der Waals surface area contributed by atoms with Crippen LogP contribution in [0.15, 0.2) is 48.5 Å². The van der Waals surface area contributed by atoms with Crippen LogP contribution >= 0.6 is 11.8 Å². The second kappa shape index (κ2) is 10.2. The molecule has 0 saturated heterocycles. The maximum atomic E-state index is 13.2. The van der Waals surface area contributed by atoms with Crippen LogP contribution in [0, 0.1) is 19.7 Å². The van der Waals surface area contributed by atoms with Gasteiger partial charge in [-0.25, -0.2) is 9.07 Å². The van der Waals surface area contributed by atoms with Crippen LogP contribution in [0.5, 0.6) is 0 Å². The maximum Gasteiger partial charge on any atom is 0.245 e. The third-order valence-electron chi connectivity index (χ3n) is 4.53. The van der Waals surface area contributed by atoms with Gasteiger partial charge in [0.05, 0.1) is 0 Å². The van der Waals surface area contributed by atoms with E-state index >= 15 is 0 Å². The second-order valence-electron chi connectivity index (χ2n) is 6.85. The number of hydrogen-bond acceptors (Lipinski definition) is 5. The highest BCUT2D eigenvalue weighted by atomic mass is 32.2. The van der Waals surface area contributed by atoms with Gasteiger partial charge in [-0.1, -0.05) is 42.0 Å². The zero-order valence-electron chi connectivity index (χ0n) is 16.5. The lowest BCUT2D eigenvalue weighted by Gasteiger charge is -2.17. The van der Waals surface area contributed by atoms with Gasteiger partial charge in [-0.3, -0.25) is 4.79 Å². The number of aryl methyl sites for hydroxylation is 2. The highest BCUT2D eigenvalue weighted by Crippen LogP contribution is 2.16. The summed E-state index contributed by atoms with van der Waals surface area (Å²) in [7, 11) is 0. The molecule has 0 aliphatic rings. The molecule has 3 aromatic rings. The summed E-state index contributed by atoms with van der Waals surface area (Å²) in [6.07, 6.45) is 0.383. The van der Waals surface area contributed by atoms with Gasteiger partial charge in [0.2, 0.25) is 5.91 Å². The molecule has 1 aromatic heterocycles. The van der Waals surface area contributed by atoms with E-state index in [1.165, 1.54) is 27.9 Å². The number of hydrogen-bond donors (Lipinski definition) is 1. The second-order valence-corrected chi connectivity index (χ2v) is 7.95. The smallest absolute Gasteiger partial charge is 0.245 e. The molecule has 1 unspecified atom stereocenters. The fraction of sp³-hybridized carbons (Fsp3) is 0.333. The fourth-order valence-corrected chi connectivity index (χ4v) is 3.72. The van der Waals surface area contributed by atoms with Crippen LogP contribution in [-0.4, -0.2) is 38.4 Å². The third kappa shape index (κ3) is 6.12. The molecule has 1 N–H and O–H groups in total. The minimum Gasteiger partial charge on any atom is -0.353 e. The first kappa shape index (κ1) is 21.0. The quantitative estimate of drug-likeness (QED) is 0.545. The van der Waals surface area contributed by atoms with Gasteiger partial charge in [0.1, 0.15) is 17.7 Å². The van der Waals surface area contributed by atoms with Crippen molar-refractivity contribution >= 4 is 17.7 Å². The van der Waals surface area contributed by atoms with Gasteiger partial charge in [0.15, 0.2) is 0 Å². The lowest BCUT2D eigenvalue weighted by molar-refractivity contribution is -0.124. The minimum atomic E-state index is -0.586. The number of rotatable bonds is 9. The SMILES string of the molecule is Cc1ccc(CSCCNC(=O)C(Cc2ccc(F)cc2)n2nnnc2C)cc1. The number of benzene rings is 2. The normalized spacial score (nSPS) is 12.0. The van der Waals surface area contributed by atoms with Crippen LogP contribution in [0.3, 0.4) is 0 Å². The summed E-state index contributed by atoms with van der Waals surface area (Å²) >= 11 is 1.77. The van der Waals surface area contributed by atoms with Crippen molar-refractivity contribution in [1.82, 2.24) is 25.5 Å². The molecule has 2 aromatic carbocycles. The van der Waals surface area contributed by atoms with Gasteiger partial charge in [-0.2, -0.15) is 11.8 Å². The van der Waals surface area contributed by atoms with Gasteiger partial charge >= 0.3 is 0 Å². The molecular weight excluding hydrogens is 389 g/mol. The largest absolute Gasteiger partial charge is 0.353 e. The van der Waals surface area contributed by atoms with Crippen molar-refractivity contribution in [3.8, 4) is 0 Å². The van der Waals surface area contributed by atoms with E-state index < -0.39 is 6.04 Å². The Balaban J connectivity index is 1.54. The number of aromatic nitrogens is 4. The van der Waals surface area contributed by atoms with E-state index in [-0.39, 0.29) is 11.7 Å². The molecule has 0 radical (unpaired) electrons. The minimum absolute atomic E-state index is 0.152. The molecule has 1 amide bonds. The highest BCUT2D eigenvalue weighted by molar-refractivity contribution is 7.98. The Bertz CT molecular complexity index is 927. The van der Waals surface area contributed by atoms with E-state index in [0.29, 0.717) is 18.8 Å². The summed E-state index contributed by atoms with van der Waals surface area (Å²) in [5.74, 6) is 1.80. The van der Waals surface area contributed by atoms with Crippen molar-refractivity contribution in [2.75, 3.05) is 12.3 Å². The van der Waals surface area contributed by atoms with Crippen molar-refractivity contribution in [3.63, 3.8) is 0 Å². The van der Waals surface area contributed by atoms with Gasteiger partial charge < -0.3 is 5.32 Å². The Morgan fingerprint density at radius 3 is 2.45 bits per heavy atom. The van der Waals surface area contributed by atoms with Gasteiger partial charge in [-0.05, 0) is 47.5 Å². The Morgan fingerprint density at radius 2 is 1.79 bits per heavy atom. The average molecular weight is 414 g/mol. The Hall–Kier alpha value is -2.74.